The Morgan fingerprint density at radius 2 is 1.67 bits per heavy atom. The molecule has 0 aliphatic heterocycles. The van der Waals surface area contributed by atoms with E-state index in [2.05, 4.69) is 10.6 Å². The number of anilines is 2. The number of amides is 2. The van der Waals surface area contributed by atoms with E-state index >= 15 is 0 Å². The van der Waals surface area contributed by atoms with Crippen molar-refractivity contribution in [3.05, 3.63) is 28.3 Å². The average Bonchev–Trinajstić information content (AvgIpc) is 2.40. The van der Waals surface area contributed by atoms with Gasteiger partial charge in [0.15, 0.2) is 0 Å². The summed E-state index contributed by atoms with van der Waals surface area (Å²) in [4.78, 5) is 33.5. The first-order valence-electron chi connectivity index (χ1n) is 6.86. The number of carbonyl (C=O) groups excluding carboxylic acids is 2. The topological polar surface area (TPSA) is 101 Å². The molecule has 1 aromatic rings. The molecule has 0 spiro atoms. The number of nitrogens with zero attached hydrogens (tertiary/aromatic N) is 1. The number of nitro groups is 1. The first-order valence-corrected chi connectivity index (χ1v) is 6.86. The molecule has 114 valence electrons. The zero-order valence-corrected chi connectivity index (χ0v) is 12.1. The second-order valence-electron chi connectivity index (χ2n) is 4.59. The summed E-state index contributed by atoms with van der Waals surface area (Å²) in [6, 6.07) is 4.20. The molecule has 0 fully saturated rings. The van der Waals surface area contributed by atoms with Crippen molar-refractivity contribution in [1.29, 1.82) is 0 Å². The molecule has 0 heterocycles. The smallest absolute Gasteiger partial charge is 0.294 e. The lowest BCUT2D eigenvalue weighted by molar-refractivity contribution is -0.383. The van der Waals surface area contributed by atoms with E-state index in [-0.39, 0.29) is 23.2 Å². The van der Waals surface area contributed by atoms with E-state index in [9.17, 15) is 19.7 Å². The summed E-state index contributed by atoms with van der Waals surface area (Å²) in [7, 11) is 0. The van der Waals surface area contributed by atoms with Crippen LogP contribution in [0.25, 0.3) is 0 Å². The predicted molar refractivity (Wildman–Crippen MR) is 80.2 cm³/mol. The van der Waals surface area contributed by atoms with Crippen LogP contribution in [0.2, 0.25) is 0 Å². The Kier molecular flexibility index (Phi) is 6.32. The summed E-state index contributed by atoms with van der Waals surface area (Å²) in [5, 5.41) is 16.2. The highest BCUT2D eigenvalue weighted by Crippen LogP contribution is 2.28. The lowest BCUT2D eigenvalue weighted by Crippen LogP contribution is -2.13. The van der Waals surface area contributed by atoms with Crippen LogP contribution in [0.1, 0.15) is 39.5 Å². The molecule has 0 aliphatic rings. The molecule has 0 aromatic heterocycles. The Morgan fingerprint density at radius 3 is 2.19 bits per heavy atom. The number of nitrogens with one attached hydrogen (secondary N) is 2. The molecular weight excluding hydrogens is 274 g/mol. The third-order valence-corrected chi connectivity index (χ3v) is 2.71. The molecular formula is C14H19N3O4. The van der Waals surface area contributed by atoms with E-state index < -0.39 is 4.92 Å². The van der Waals surface area contributed by atoms with Crippen LogP contribution in [0.4, 0.5) is 17.1 Å². The lowest BCUT2D eigenvalue weighted by atomic mass is 10.2. The fourth-order valence-corrected chi connectivity index (χ4v) is 1.76. The van der Waals surface area contributed by atoms with Gasteiger partial charge < -0.3 is 10.6 Å². The van der Waals surface area contributed by atoms with Crippen LogP contribution >= 0.6 is 0 Å². The van der Waals surface area contributed by atoms with Crippen LogP contribution in [0.5, 0.6) is 0 Å². The van der Waals surface area contributed by atoms with Gasteiger partial charge >= 0.3 is 0 Å². The van der Waals surface area contributed by atoms with Crippen molar-refractivity contribution in [1.82, 2.24) is 0 Å². The Bertz CT molecular complexity index is 543. The number of hydrogen-bond donors (Lipinski definition) is 2. The fourth-order valence-electron chi connectivity index (χ4n) is 1.76. The number of benzene rings is 1. The third-order valence-electron chi connectivity index (χ3n) is 2.71. The van der Waals surface area contributed by atoms with Crippen molar-refractivity contribution in [2.45, 2.75) is 39.5 Å². The molecule has 0 unspecified atom stereocenters. The van der Waals surface area contributed by atoms with Crippen LogP contribution in [0.3, 0.4) is 0 Å². The maximum Gasteiger partial charge on any atom is 0.294 e. The third kappa shape index (κ3) is 5.21. The normalized spacial score (nSPS) is 10.0. The number of hydrogen-bond acceptors (Lipinski definition) is 4. The molecule has 1 rings (SSSR count). The fraction of sp³-hybridized carbons (Fsp3) is 0.429. The average molecular weight is 293 g/mol. The van der Waals surface area contributed by atoms with Crippen molar-refractivity contribution in [3.8, 4) is 0 Å². The molecule has 2 N–H and O–H groups in total. The summed E-state index contributed by atoms with van der Waals surface area (Å²) in [5.74, 6) is -0.474. The molecule has 21 heavy (non-hydrogen) atoms. The van der Waals surface area contributed by atoms with Gasteiger partial charge in [-0.3, -0.25) is 19.7 Å². The van der Waals surface area contributed by atoms with Gasteiger partial charge in [0.2, 0.25) is 11.8 Å². The molecule has 1 aromatic carbocycles. The predicted octanol–water partition coefficient (Wildman–Crippen LogP) is 3.07. The van der Waals surface area contributed by atoms with Crippen LogP contribution in [-0.2, 0) is 9.59 Å². The van der Waals surface area contributed by atoms with E-state index in [0.29, 0.717) is 31.4 Å². The van der Waals surface area contributed by atoms with Crippen LogP contribution < -0.4 is 10.6 Å². The molecule has 0 saturated heterocycles. The highest BCUT2D eigenvalue weighted by Gasteiger charge is 2.17. The molecule has 0 atom stereocenters. The van der Waals surface area contributed by atoms with E-state index in [0.717, 1.165) is 0 Å². The van der Waals surface area contributed by atoms with Gasteiger partial charge in [-0.05, 0) is 25.0 Å². The lowest BCUT2D eigenvalue weighted by Gasteiger charge is -2.08. The molecule has 0 saturated carbocycles. The Hall–Kier alpha value is -2.44. The second kappa shape index (κ2) is 7.98. The monoisotopic (exact) mass is 293 g/mol. The number of rotatable bonds is 7. The summed E-state index contributed by atoms with van der Waals surface area (Å²) in [6.07, 6.45) is 2.00. The zero-order valence-electron chi connectivity index (χ0n) is 12.1. The highest BCUT2D eigenvalue weighted by atomic mass is 16.6. The van der Waals surface area contributed by atoms with Crippen LogP contribution in [0.15, 0.2) is 18.2 Å². The Labute approximate surface area is 122 Å². The minimum atomic E-state index is -0.586. The summed E-state index contributed by atoms with van der Waals surface area (Å²) in [6.45, 7) is 3.72. The molecule has 0 radical (unpaired) electrons. The van der Waals surface area contributed by atoms with Crippen molar-refractivity contribution in [2.75, 3.05) is 10.6 Å². The molecule has 7 heteroatoms. The van der Waals surface area contributed by atoms with E-state index in [1.807, 2.05) is 13.8 Å². The van der Waals surface area contributed by atoms with Crippen molar-refractivity contribution < 1.29 is 14.5 Å². The largest absolute Gasteiger partial charge is 0.326 e. The van der Waals surface area contributed by atoms with Gasteiger partial charge in [0.25, 0.3) is 5.69 Å². The number of nitro benzene ring substituents is 1. The summed E-state index contributed by atoms with van der Waals surface area (Å²) in [5.41, 5.74) is 0.231. The summed E-state index contributed by atoms with van der Waals surface area (Å²) < 4.78 is 0. The minimum absolute atomic E-state index is 0.131. The maximum atomic E-state index is 11.5. The first kappa shape index (κ1) is 16.6. The quantitative estimate of drug-likeness (QED) is 0.595. The van der Waals surface area contributed by atoms with Crippen LogP contribution in [-0.4, -0.2) is 16.7 Å². The summed E-state index contributed by atoms with van der Waals surface area (Å²) >= 11 is 0. The van der Waals surface area contributed by atoms with Gasteiger partial charge in [-0.15, -0.1) is 0 Å². The molecule has 0 bridgehead atoms. The first-order chi connectivity index (χ1) is 9.97. The number of carbonyl (C=O) groups is 2. The SMILES string of the molecule is CCCC(=O)Nc1ccc(NC(=O)CCC)c([N+](=O)[O-])c1. The Morgan fingerprint density at radius 1 is 1.10 bits per heavy atom. The van der Waals surface area contributed by atoms with E-state index in [1.165, 1.54) is 18.2 Å². The van der Waals surface area contributed by atoms with E-state index in [4.69, 9.17) is 0 Å². The van der Waals surface area contributed by atoms with Gasteiger partial charge in [0.1, 0.15) is 5.69 Å². The van der Waals surface area contributed by atoms with E-state index in [1.54, 1.807) is 0 Å². The zero-order chi connectivity index (χ0) is 15.8. The molecule has 2 amide bonds. The highest BCUT2D eigenvalue weighted by molar-refractivity contribution is 5.95. The Balaban J connectivity index is 2.94. The maximum absolute atomic E-state index is 11.5. The minimum Gasteiger partial charge on any atom is -0.326 e. The van der Waals surface area contributed by atoms with Crippen LogP contribution in [0, 0.1) is 10.1 Å². The van der Waals surface area contributed by atoms with Gasteiger partial charge in [0.05, 0.1) is 4.92 Å². The van der Waals surface area contributed by atoms with Gasteiger partial charge in [0, 0.05) is 24.6 Å². The molecule has 7 nitrogen and oxygen atoms in total. The van der Waals surface area contributed by atoms with Gasteiger partial charge in [-0.1, -0.05) is 13.8 Å². The van der Waals surface area contributed by atoms with Gasteiger partial charge in [-0.2, -0.15) is 0 Å². The molecule has 0 aliphatic carbocycles. The second-order valence-corrected chi connectivity index (χ2v) is 4.59. The van der Waals surface area contributed by atoms with Gasteiger partial charge in [-0.25, -0.2) is 0 Å². The standard InChI is InChI=1S/C14H19N3O4/c1-3-5-13(18)15-10-7-8-11(12(9-10)17(20)21)16-14(19)6-4-2/h7-9H,3-6H2,1-2H3,(H,15,18)(H,16,19). The van der Waals surface area contributed by atoms with Crippen molar-refractivity contribution in [3.63, 3.8) is 0 Å². The van der Waals surface area contributed by atoms with Crippen molar-refractivity contribution in [2.24, 2.45) is 0 Å². The van der Waals surface area contributed by atoms with Crippen molar-refractivity contribution >= 4 is 28.9 Å².